The van der Waals surface area contributed by atoms with Crippen molar-refractivity contribution in [1.82, 2.24) is 20.1 Å². The molecular formula is C26H29ClFN5O4S2. The SMILES string of the molecule is CCOC(=O)c1c(NC(=O)C(C)Sc2nnc(CNC(=O)c3c(F)cccc3Cl)n2C)sc2c1CCCCC2. The van der Waals surface area contributed by atoms with E-state index in [1.165, 1.54) is 35.2 Å². The lowest BCUT2D eigenvalue weighted by molar-refractivity contribution is -0.115. The average molecular weight is 594 g/mol. The van der Waals surface area contributed by atoms with Crippen LogP contribution in [0, 0.1) is 5.82 Å². The maximum Gasteiger partial charge on any atom is 0.341 e. The summed E-state index contributed by atoms with van der Waals surface area (Å²) in [5, 5.41) is 14.2. The molecule has 1 aliphatic rings. The van der Waals surface area contributed by atoms with Crippen LogP contribution >= 0.6 is 34.7 Å². The van der Waals surface area contributed by atoms with E-state index < -0.39 is 22.9 Å². The fourth-order valence-electron chi connectivity index (χ4n) is 4.24. The number of halogens is 2. The molecule has 4 rings (SSSR count). The summed E-state index contributed by atoms with van der Waals surface area (Å²) in [4.78, 5) is 39.5. The average Bonchev–Trinajstić information content (AvgIpc) is 3.32. The van der Waals surface area contributed by atoms with Gasteiger partial charge < -0.3 is 19.9 Å². The molecule has 0 saturated heterocycles. The third-order valence-corrected chi connectivity index (χ3v) is 8.97. The predicted molar refractivity (Wildman–Crippen MR) is 149 cm³/mol. The minimum atomic E-state index is -0.720. The number of carbonyl (C=O) groups excluding carboxylic acids is 3. The fourth-order valence-corrected chi connectivity index (χ4v) is 6.60. The number of rotatable bonds is 9. The highest BCUT2D eigenvalue weighted by molar-refractivity contribution is 8.00. The molecule has 1 atom stereocenters. The van der Waals surface area contributed by atoms with E-state index in [1.54, 1.807) is 25.5 Å². The van der Waals surface area contributed by atoms with Gasteiger partial charge in [-0.05, 0) is 57.2 Å². The summed E-state index contributed by atoms with van der Waals surface area (Å²) in [5.74, 6) is -1.67. The van der Waals surface area contributed by atoms with Crippen LogP contribution in [0.5, 0.6) is 0 Å². The Balaban J connectivity index is 1.42. The molecule has 0 saturated carbocycles. The Morgan fingerprint density at radius 1 is 1.21 bits per heavy atom. The van der Waals surface area contributed by atoms with E-state index in [0.717, 1.165) is 48.6 Å². The molecule has 1 unspecified atom stereocenters. The van der Waals surface area contributed by atoms with E-state index in [1.807, 2.05) is 0 Å². The monoisotopic (exact) mass is 593 g/mol. The van der Waals surface area contributed by atoms with E-state index >= 15 is 0 Å². The molecule has 208 valence electrons. The first-order valence-electron chi connectivity index (χ1n) is 12.6. The third-order valence-electron chi connectivity index (χ3n) is 6.31. The summed E-state index contributed by atoms with van der Waals surface area (Å²) < 4.78 is 21.0. The summed E-state index contributed by atoms with van der Waals surface area (Å²) in [5.41, 5.74) is 1.22. The van der Waals surface area contributed by atoms with Gasteiger partial charge in [0.1, 0.15) is 10.8 Å². The van der Waals surface area contributed by atoms with Crippen molar-refractivity contribution >= 4 is 57.5 Å². The van der Waals surface area contributed by atoms with Gasteiger partial charge in [0.25, 0.3) is 5.91 Å². The molecule has 9 nitrogen and oxygen atoms in total. The molecule has 2 N–H and O–H groups in total. The molecule has 0 aliphatic heterocycles. The molecule has 0 fully saturated rings. The van der Waals surface area contributed by atoms with Gasteiger partial charge in [-0.2, -0.15) is 0 Å². The molecule has 13 heteroatoms. The van der Waals surface area contributed by atoms with Crippen LogP contribution in [0.4, 0.5) is 9.39 Å². The summed E-state index contributed by atoms with van der Waals surface area (Å²) in [6.07, 6.45) is 4.84. The van der Waals surface area contributed by atoms with Crippen molar-refractivity contribution in [3.63, 3.8) is 0 Å². The summed E-state index contributed by atoms with van der Waals surface area (Å²) in [6.45, 7) is 3.73. The van der Waals surface area contributed by atoms with Crippen molar-refractivity contribution in [3.8, 4) is 0 Å². The van der Waals surface area contributed by atoms with Crippen LogP contribution in [-0.2, 0) is 36.0 Å². The minimum Gasteiger partial charge on any atom is -0.462 e. The standard InChI is InChI=1S/C26H29ClFN5O4S2/c1-4-37-25(36)20-15-9-6-5-7-12-18(15)39-24(20)30-22(34)14(2)38-26-32-31-19(33(26)3)13-29-23(35)21-16(27)10-8-11-17(21)28/h8,10-11,14H,4-7,9,12-13H2,1-3H3,(H,29,35)(H,30,34). The number of ether oxygens (including phenoxy) is 1. The van der Waals surface area contributed by atoms with E-state index in [0.29, 0.717) is 21.5 Å². The van der Waals surface area contributed by atoms with Crippen LogP contribution in [0.25, 0.3) is 0 Å². The zero-order valence-corrected chi connectivity index (χ0v) is 24.2. The van der Waals surface area contributed by atoms with Gasteiger partial charge in [-0.3, -0.25) is 9.59 Å². The largest absolute Gasteiger partial charge is 0.462 e. The van der Waals surface area contributed by atoms with Crippen LogP contribution in [0.3, 0.4) is 0 Å². The smallest absolute Gasteiger partial charge is 0.341 e. The second-order valence-electron chi connectivity index (χ2n) is 8.98. The van der Waals surface area contributed by atoms with E-state index in [-0.39, 0.29) is 29.6 Å². The zero-order chi connectivity index (χ0) is 28.1. The predicted octanol–water partition coefficient (Wildman–Crippen LogP) is 5.16. The van der Waals surface area contributed by atoms with Crippen LogP contribution in [-0.4, -0.2) is 44.4 Å². The summed E-state index contributed by atoms with van der Waals surface area (Å²) in [7, 11) is 1.71. The Bertz CT molecular complexity index is 1370. The second-order valence-corrected chi connectivity index (χ2v) is 11.8. The van der Waals surface area contributed by atoms with Gasteiger partial charge in [-0.25, -0.2) is 9.18 Å². The van der Waals surface area contributed by atoms with Gasteiger partial charge >= 0.3 is 5.97 Å². The Hall–Kier alpha value is -2.96. The number of hydrogen-bond donors (Lipinski definition) is 2. The highest BCUT2D eigenvalue weighted by Gasteiger charge is 2.28. The molecule has 1 aromatic carbocycles. The number of benzene rings is 1. The van der Waals surface area contributed by atoms with E-state index in [2.05, 4.69) is 20.8 Å². The van der Waals surface area contributed by atoms with Gasteiger partial charge in [-0.1, -0.05) is 35.9 Å². The number of amides is 2. The lowest BCUT2D eigenvalue weighted by Crippen LogP contribution is -2.26. The molecule has 1 aliphatic carbocycles. The fraction of sp³-hybridized carbons (Fsp3) is 0.423. The molecule has 3 aromatic rings. The first kappa shape index (κ1) is 29.0. The van der Waals surface area contributed by atoms with Gasteiger partial charge in [0.15, 0.2) is 11.0 Å². The number of carbonyl (C=O) groups is 3. The highest BCUT2D eigenvalue weighted by atomic mass is 35.5. The second kappa shape index (κ2) is 12.9. The number of aryl methyl sites for hydroxylation is 1. The summed E-state index contributed by atoms with van der Waals surface area (Å²) in [6, 6.07) is 4.02. The van der Waals surface area contributed by atoms with Gasteiger partial charge in [-0.15, -0.1) is 21.5 Å². The molecule has 2 heterocycles. The third kappa shape index (κ3) is 6.62. The summed E-state index contributed by atoms with van der Waals surface area (Å²) >= 11 is 8.60. The number of aromatic nitrogens is 3. The van der Waals surface area contributed by atoms with Gasteiger partial charge in [0, 0.05) is 11.9 Å². The number of nitrogens with zero attached hydrogens (tertiary/aromatic N) is 3. The van der Waals surface area contributed by atoms with Gasteiger partial charge in [0.05, 0.1) is 34.6 Å². The van der Waals surface area contributed by atoms with Gasteiger partial charge in [0.2, 0.25) is 5.91 Å². The highest BCUT2D eigenvalue weighted by Crippen LogP contribution is 2.38. The Morgan fingerprint density at radius 3 is 2.72 bits per heavy atom. The maximum absolute atomic E-state index is 14.0. The van der Waals surface area contributed by atoms with Crippen LogP contribution < -0.4 is 10.6 Å². The lowest BCUT2D eigenvalue weighted by Gasteiger charge is -2.13. The number of hydrogen-bond acceptors (Lipinski definition) is 8. The molecule has 2 amide bonds. The van der Waals surface area contributed by atoms with Crippen LogP contribution in [0.15, 0.2) is 23.4 Å². The molecule has 39 heavy (non-hydrogen) atoms. The first-order valence-corrected chi connectivity index (χ1v) is 14.7. The van der Waals surface area contributed by atoms with Crippen LogP contribution in [0.2, 0.25) is 5.02 Å². The van der Waals surface area contributed by atoms with E-state index in [9.17, 15) is 18.8 Å². The molecule has 0 radical (unpaired) electrons. The maximum atomic E-state index is 14.0. The topological polar surface area (TPSA) is 115 Å². The van der Waals surface area contributed by atoms with Crippen molar-refractivity contribution in [3.05, 3.63) is 56.4 Å². The Morgan fingerprint density at radius 2 is 1.97 bits per heavy atom. The molecule has 2 aromatic heterocycles. The first-order chi connectivity index (χ1) is 18.7. The number of thiophene rings is 1. The lowest BCUT2D eigenvalue weighted by atomic mass is 10.1. The van der Waals surface area contributed by atoms with Crippen molar-refractivity contribution < 1.29 is 23.5 Å². The Labute approximate surface area is 238 Å². The quantitative estimate of drug-likeness (QED) is 0.200. The number of thioether (sulfide) groups is 1. The number of esters is 1. The van der Waals surface area contributed by atoms with E-state index in [4.69, 9.17) is 16.3 Å². The number of anilines is 1. The number of nitrogens with one attached hydrogen (secondary N) is 2. The number of fused-ring (bicyclic) bond motifs is 1. The van der Waals surface area contributed by atoms with Crippen molar-refractivity contribution in [1.29, 1.82) is 0 Å². The van der Waals surface area contributed by atoms with Crippen molar-refractivity contribution in [2.75, 3.05) is 11.9 Å². The van der Waals surface area contributed by atoms with Crippen molar-refractivity contribution in [2.24, 2.45) is 7.05 Å². The minimum absolute atomic E-state index is 0.00908. The normalized spacial score (nSPS) is 13.8. The Kier molecular flexibility index (Phi) is 9.62. The molecule has 0 spiro atoms. The molecular weight excluding hydrogens is 565 g/mol. The zero-order valence-electron chi connectivity index (χ0n) is 21.8. The van der Waals surface area contributed by atoms with Crippen LogP contribution in [0.1, 0.15) is 70.1 Å². The van der Waals surface area contributed by atoms with Crippen molar-refractivity contribution in [2.45, 2.75) is 62.9 Å². The molecule has 0 bridgehead atoms.